The van der Waals surface area contributed by atoms with Crippen molar-refractivity contribution < 1.29 is 9.90 Å². The Bertz CT molecular complexity index is 342. The number of carbonyl (C=O) groups is 1. The van der Waals surface area contributed by atoms with Crippen molar-refractivity contribution >= 4 is 5.97 Å². The summed E-state index contributed by atoms with van der Waals surface area (Å²) in [6.45, 7) is 10.9. The Kier molecular flexibility index (Phi) is 4.48. The number of carboxylic acids is 1. The van der Waals surface area contributed by atoms with Crippen LogP contribution in [0.1, 0.15) is 66.2 Å². The van der Waals surface area contributed by atoms with Gasteiger partial charge < -0.3 is 10.0 Å². The molecule has 1 aliphatic carbocycles. The van der Waals surface area contributed by atoms with Gasteiger partial charge in [-0.1, -0.05) is 20.8 Å². The summed E-state index contributed by atoms with van der Waals surface area (Å²) in [6, 6.07) is 0.701. The van der Waals surface area contributed by atoms with Crippen molar-refractivity contribution in [3.63, 3.8) is 0 Å². The van der Waals surface area contributed by atoms with E-state index in [0.29, 0.717) is 11.5 Å². The molecule has 20 heavy (non-hydrogen) atoms. The Labute approximate surface area is 123 Å². The second-order valence-electron chi connectivity index (χ2n) is 8.27. The zero-order chi connectivity index (χ0) is 15.0. The standard InChI is InChI=1S/C17H31NO2/c1-16(2,3)13-5-7-14(8-6-13)18-11-9-17(4,10-12-18)15(19)20/h13-14H,5-12H2,1-4H3,(H,19,20). The molecule has 1 aliphatic heterocycles. The van der Waals surface area contributed by atoms with Gasteiger partial charge in [-0.15, -0.1) is 0 Å². The number of hydrogen-bond donors (Lipinski definition) is 1. The summed E-state index contributed by atoms with van der Waals surface area (Å²) >= 11 is 0. The molecular formula is C17H31NO2. The highest BCUT2D eigenvalue weighted by molar-refractivity contribution is 5.74. The fraction of sp³-hybridized carbons (Fsp3) is 0.941. The Balaban J connectivity index is 1.83. The second kappa shape index (κ2) is 5.67. The van der Waals surface area contributed by atoms with Crippen LogP contribution in [0.3, 0.4) is 0 Å². The van der Waals surface area contributed by atoms with Crippen LogP contribution in [-0.4, -0.2) is 35.1 Å². The van der Waals surface area contributed by atoms with E-state index in [9.17, 15) is 9.90 Å². The van der Waals surface area contributed by atoms with Crippen LogP contribution in [0, 0.1) is 16.7 Å². The van der Waals surface area contributed by atoms with Gasteiger partial charge in [0, 0.05) is 6.04 Å². The molecule has 0 aromatic carbocycles. The van der Waals surface area contributed by atoms with Gasteiger partial charge in [0.25, 0.3) is 0 Å². The molecule has 1 saturated carbocycles. The first-order valence-corrected chi connectivity index (χ1v) is 8.20. The summed E-state index contributed by atoms with van der Waals surface area (Å²) in [7, 11) is 0. The number of rotatable bonds is 2. The molecule has 0 atom stereocenters. The average Bonchev–Trinajstić information content (AvgIpc) is 2.38. The van der Waals surface area contributed by atoms with Gasteiger partial charge in [-0.3, -0.25) is 4.79 Å². The molecule has 0 amide bonds. The molecule has 2 rings (SSSR count). The molecule has 3 nitrogen and oxygen atoms in total. The lowest BCUT2D eigenvalue weighted by Crippen LogP contribution is -2.48. The molecule has 2 aliphatic rings. The minimum atomic E-state index is -0.617. The van der Waals surface area contributed by atoms with Crippen molar-refractivity contribution in [2.45, 2.75) is 72.3 Å². The third-order valence-electron chi connectivity index (χ3n) is 5.86. The highest BCUT2D eigenvalue weighted by Gasteiger charge is 2.39. The maximum atomic E-state index is 11.3. The van der Waals surface area contributed by atoms with Gasteiger partial charge in [0.2, 0.25) is 0 Å². The van der Waals surface area contributed by atoms with Crippen LogP contribution in [-0.2, 0) is 4.79 Å². The number of piperidine rings is 1. The largest absolute Gasteiger partial charge is 0.481 e. The fourth-order valence-corrected chi connectivity index (χ4v) is 3.90. The number of carboxylic acid groups (broad SMARTS) is 1. The molecule has 1 saturated heterocycles. The van der Waals surface area contributed by atoms with E-state index in [1.165, 1.54) is 25.7 Å². The quantitative estimate of drug-likeness (QED) is 0.837. The second-order valence-corrected chi connectivity index (χ2v) is 8.27. The fourth-order valence-electron chi connectivity index (χ4n) is 3.90. The van der Waals surface area contributed by atoms with Crippen molar-refractivity contribution in [2.75, 3.05) is 13.1 Å². The summed E-state index contributed by atoms with van der Waals surface area (Å²) in [6.07, 6.45) is 6.88. The summed E-state index contributed by atoms with van der Waals surface area (Å²) < 4.78 is 0. The topological polar surface area (TPSA) is 40.5 Å². The van der Waals surface area contributed by atoms with Crippen LogP contribution < -0.4 is 0 Å². The predicted molar refractivity (Wildman–Crippen MR) is 81.8 cm³/mol. The van der Waals surface area contributed by atoms with Crippen LogP contribution in [0.15, 0.2) is 0 Å². The first kappa shape index (κ1) is 15.8. The summed E-state index contributed by atoms with van der Waals surface area (Å²) in [5.74, 6) is 0.237. The minimum absolute atomic E-state index is 0.439. The molecule has 0 unspecified atom stereocenters. The summed E-state index contributed by atoms with van der Waals surface area (Å²) in [5.41, 5.74) is -0.0478. The van der Waals surface area contributed by atoms with E-state index in [4.69, 9.17) is 0 Å². The minimum Gasteiger partial charge on any atom is -0.481 e. The summed E-state index contributed by atoms with van der Waals surface area (Å²) in [5, 5.41) is 9.30. The molecule has 3 heteroatoms. The molecule has 0 bridgehead atoms. The smallest absolute Gasteiger partial charge is 0.309 e. The molecule has 0 aromatic rings. The van der Waals surface area contributed by atoms with E-state index < -0.39 is 11.4 Å². The molecule has 1 N–H and O–H groups in total. The Morgan fingerprint density at radius 2 is 1.60 bits per heavy atom. The van der Waals surface area contributed by atoms with E-state index in [-0.39, 0.29) is 0 Å². The van der Waals surface area contributed by atoms with Gasteiger partial charge in [-0.25, -0.2) is 0 Å². The zero-order valence-electron chi connectivity index (χ0n) is 13.6. The van der Waals surface area contributed by atoms with E-state index in [2.05, 4.69) is 25.7 Å². The van der Waals surface area contributed by atoms with Gasteiger partial charge >= 0.3 is 5.97 Å². The monoisotopic (exact) mass is 281 g/mol. The molecule has 1 heterocycles. The van der Waals surface area contributed by atoms with Gasteiger partial charge in [-0.2, -0.15) is 0 Å². The first-order valence-electron chi connectivity index (χ1n) is 8.20. The van der Waals surface area contributed by atoms with Crippen molar-refractivity contribution in [1.29, 1.82) is 0 Å². The van der Waals surface area contributed by atoms with Gasteiger partial charge in [-0.05, 0) is 69.9 Å². The van der Waals surface area contributed by atoms with Crippen LogP contribution in [0.2, 0.25) is 0 Å². The van der Waals surface area contributed by atoms with Crippen LogP contribution >= 0.6 is 0 Å². The average molecular weight is 281 g/mol. The summed E-state index contributed by atoms with van der Waals surface area (Å²) in [4.78, 5) is 13.9. The van der Waals surface area contributed by atoms with Crippen molar-refractivity contribution in [2.24, 2.45) is 16.7 Å². The van der Waals surface area contributed by atoms with Gasteiger partial charge in [0.05, 0.1) is 5.41 Å². The number of nitrogens with zero attached hydrogens (tertiary/aromatic N) is 1. The lowest BCUT2D eigenvalue weighted by molar-refractivity contribution is -0.151. The third-order valence-corrected chi connectivity index (χ3v) is 5.86. The van der Waals surface area contributed by atoms with Crippen molar-refractivity contribution in [3.8, 4) is 0 Å². The van der Waals surface area contributed by atoms with Crippen LogP contribution in [0.5, 0.6) is 0 Å². The molecule has 2 fully saturated rings. The van der Waals surface area contributed by atoms with E-state index >= 15 is 0 Å². The van der Waals surface area contributed by atoms with E-state index in [1.54, 1.807) is 0 Å². The molecule has 116 valence electrons. The third kappa shape index (κ3) is 3.36. The Hall–Kier alpha value is -0.570. The SMILES string of the molecule is CC1(C(=O)O)CCN(C2CCC(C(C)(C)C)CC2)CC1. The Morgan fingerprint density at radius 1 is 1.10 bits per heavy atom. The number of likely N-dealkylation sites (tertiary alicyclic amines) is 1. The van der Waals surface area contributed by atoms with Crippen molar-refractivity contribution in [3.05, 3.63) is 0 Å². The maximum Gasteiger partial charge on any atom is 0.309 e. The highest BCUT2D eigenvalue weighted by atomic mass is 16.4. The number of hydrogen-bond acceptors (Lipinski definition) is 2. The maximum absolute atomic E-state index is 11.3. The molecule has 0 aromatic heterocycles. The van der Waals surface area contributed by atoms with Crippen LogP contribution in [0.25, 0.3) is 0 Å². The predicted octanol–water partition coefficient (Wildman–Crippen LogP) is 3.78. The first-order chi connectivity index (χ1) is 9.22. The molecule has 0 radical (unpaired) electrons. The highest BCUT2D eigenvalue weighted by Crippen LogP contribution is 2.40. The lowest BCUT2D eigenvalue weighted by atomic mass is 9.70. The van der Waals surface area contributed by atoms with E-state index in [1.807, 2.05) is 6.92 Å². The Morgan fingerprint density at radius 3 is 2.00 bits per heavy atom. The lowest BCUT2D eigenvalue weighted by Gasteiger charge is -2.44. The number of aliphatic carboxylic acids is 1. The normalized spacial score (nSPS) is 32.0. The van der Waals surface area contributed by atoms with Crippen molar-refractivity contribution in [1.82, 2.24) is 4.90 Å². The van der Waals surface area contributed by atoms with Gasteiger partial charge in [0.1, 0.15) is 0 Å². The van der Waals surface area contributed by atoms with E-state index in [0.717, 1.165) is 31.8 Å². The molecule has 0 spiro atoms. The zero-order valence-corrected chi connectivity index (χ0v) is 13.6. The molecular weight excluding hydrogens is 250 g/mol. The van der Waals surface area contributed by atoms with Gasteiger partial charge in [0.15, 0.2) is 0 Å². The van der Waals surface area contributed by atoms with Crippen LogP contribution in [0.4, 0.5) is 0 Å².